The van der Waals surface area contributed by atoms with Gasteiger partial charge in [-0.2, -0.15) is 4.98 Å². The molecule has 94 valence electrons. The molecule has 0 saturated heterocycles. The van der Waals surface area contributed by atoms with Crippen molar-refractivity contribution in [3.05, 3.63) is 60.2 Å². The Kier molecular flexibility index (Phi) is 2.76. The van der Waals surface area contributed by atoms with Gasteiger partial charge in [0.05, 0.1) is 5.69 Å². The van der Waals surface area contributed by atoms with Crippen molar-refractivity contribution >= 4 is 5.95 Å². The molecule has 0 atom stereocenters. The van der Waals surface area contributed by atoms with Crippen LogP contribution in [0.25, 0.3) is 17.1 Å². The molecule has 19 heavy (non-hydrogen) atoms. The number of anilines is 1. The summed E-state index contributed by atoms with van der Waals surface area (Å²) in [4.78, 5) is 4.35. The van der Waals surface area contributed by atoms with Gasteiger partial charge in [0.15, 0.2) is 5.82 Å². The fourth-order valence-electron chi connectivity index (χ4n) is 2.08. The molecule has 0 aliphatic heterocycles. The molecule has 0 fully saturated rings. The predicted molar refractivity (Wildman–Crippen MR) is 75.9 cm³/mol. The molecule has 4 heteroatoms. The Labute approximate surface area is 111 Å². The Morgan fingerprint density at radius 3 is 2.37 bits per heavy atom. The Morgan fingerprint density at radius 2 is 1.63 bits per heavy atom. The van der Waals surface area contributed by atoms with Gasteiger partial charge in [-0.1, -0.05) is 42.5 Å². The molecule has 1 heterocycles. The lowest BCUT2D eigenvalue weighted by atomic mass is 10.1. The number of hydrogen-bond acceptors (Lipinski definition) is 3. The van der Waals surface area contributed by atoms with E-state index in [1.54, 1.807) is 4.68 Å². The van der Waals surface area contributed by atoms with Gasteiger partial charge in [0.1, 0.15) is 0 Å². The molecule has 0 radical (unpaired) electrons. The van der Waals surface area contributed by atoms with Gasteiger partial charge in [-0.15, -0.1) is 5.10 Å². The summed E-state index contributed by atoms with van der Waals surface area (Å²) in [7, 11) is 0. The zero-order chi connectivity index (χ0) is 13.2. The zero-order valence-corrected chi connectivity index (χ0v) is 10.6. The smallest absolute Gasteiger partial charge is 0.240 e. The quantitative estimate of drug-likeness (QED) is 0.760. The van der Waals surface area contributed by atoms with Crippen molar-refractivity contribution in [1.29, 1.82) is 0 Å². The SMILES string of the molecule is Cc1ccccc1-c1nc(N)nn1-c1ccccc1. The van der Waals surface area contributed by atoms with Crippen LogP contribution in [-0.2, 0) is 0 Å². The molecule has 0 aliphatic carbocycles. The highest BCUT2D eigenvalue weighted by atomic mass is 15.4. The van der Waals surface area contributed by atoms with Gasteiger partial charge in [0.25, 0.3) is 0 Å². The van der Waals surface area contributed by atoms with E-state index in [2.05, 4.69) is 23.1 Å². The summed E-state index contributed by atoms with van der Waals surface area (Å²) >= 11 is 0. The minimum atomic E-state index is 0.280. The number of para-hydroxylation sites is 1. The maximum atomic E-state index is 5.76. The Morgan fingerprint density at radius 1 is 0.947 bits per heavy atom. The van der Waals surface area contributed by atoms with Crippen molar-refractivity contribution in [1.82, 2.24) is 14.8 Å². The van der Waals surface area contributed by atoms with E-state index >= 15 is 0 Å². The van der Waals surface area contributed by atoms with Crippen LogP contribution in [-0.4, -0.2) is 14.8 Å². The van der Waals surface area contributed by atoms with Crippen molar-refractivity contribution in [3.63, 3.8) is 0 Å². The molecule has 2 aromatic carbocycles. The van der Waals surface area contributed by atoms with Crippen molar-refractivity contribution in [2.45, 2.75) is 6.92 Å². The summed E-state index contributed by atoms with van der Waals surface area (Å²) in [5, 5.41) is 4.28. The molecule has 0 unspecified atom stereocenters. The Hall–Kier alpha value is -2.62. The first-order valence-electron chi connectivity index (χ1n) is 6.09. The number of benzene rings is 2. The minimum absolute atomic E-state index is 0.280. The van der Waals surface area contributed by atoms with Crippen LogP contribution in [0.15, 0.2) is 54.6 Å². The molecule has 3 rings (SSSR count). The molecule has 0 spiro atoms. The summed E-state index contributed by atoms with van der Waals surface area (Å²) < 4.78 is 1.78. The number of hydrogen-bond donors (Lipinski definition) is 1. The summed E-state index contributed by atoms with van der Waals surface area (Å²) in [6.45, 7) is 2.05. The summed E-state index contributed by atoms with van der Waals surface area (Å²) in [5.41, 5.74) is 8.89. The van der Waals surface area contributed by atoms with Gasteiger partial charge in [0, 0.05) is 5.56 Å². The molecular weight excluding hydrogens is 236 g/mol. The van der Waals surface area contributed by atoms with Crippen molar-refractivity contribution in [3.8, 4) is 17.1 Å². The van der Waals surface area contributed by atoms with Crippen LogP contribution >= 0.6 is 0 Å². The second kappa shape index (κ2) is 4.57. The second-order valence-electron chi connectivity index (χ2n) is 4.36. The highest BCUT2D eigenvalue weighted by molar-refractivity contribution is 5.63. The van der Waals surface area contributed by atoms with Gasteiger partial charge in [-0.3, -0.25) is 0 Å². The second-order valence-corrected chi connectivity index (χ2v) is 4.36. The Bertz CT molecular complexity index is 701. The van der Waals surface area contributed by atoms with Crippen LogP contribution < -0.4 is 5.73 Å². The highest BCUT2D eigenvalue weighted by Gasteiger charge is 2.13. The highest BCUT2D eigenvalue weighted by Crippen LogP contribution is 2.24. The third-order valence-corrected chi connectivity index (χ3v) is 3.01. The number of aryl methyl sites for hydroxylation is 1. The van der Waals surface area contributed by atoms with Gasteiger partial charge in [0.2, 0.25) is 5.95 Å². The van der Waals surface area contributed by atoms with E-state index in [1.807, 2.05) is 48.5 Å². The van der Waals surface area contributed by atoms with Gasteiger partial charge in [-0.25, -0.2) is 4.68 Å². The van der Waals surface area contributed by atoms with Gasteiger partial charge in [-0.05, 0) is 24.6 Å². The van der Waals surface area contributed by atoms with Crippen molar-refractivity contribution in [2.24, 2.45) is 0 Å². The van der Waals surface area contributed by atoms with E-state index in [4.69, 9.17) is 5.73 Å². The van der Waals surface area contributed by atoms with Crippen LogP contribution in [0.1, 0.15) is 5.56 Å². The van der Waals surface area contributed by atoms with E-state index in [0.717, 1.165) is 22.6 Å². The molecule has 0 amide bonds. The molecular formula is C15H14N4. The van der Waals surface area contributed by atoms with E-state index in [-0.39, 0.29) is 5.95 Å². The van der Waals surface area contributed by atoms with E-state index < -0.39 is 0 Å². The lowest BCUT2D eigenvalue weighted by molar-refractivity contribution is 0.891. The summed E-state index contributed by atoms with van der Waals surface area (Å²) in [6, 6.07) is 17.9. The standard InChI is InChI=1S/C15H14N4/c1-11-7-5-6-10-13(11)14-17-15(16)18-19(14)12-8-3-2-4-9-12/h2-10H,1H3,(H2,16,18). The maximum absolute atomic E-state index is 5.76. The first-order chi connectivity index (χ1) is 9.25. The van der Waals surface area contributed by atoms with Crippen molar-refractivity contribution in [2.75, 3.05) is 5.73 Å². The molecule has 3 aromatic rings. The zero-order valence-electron chi connectivity index (χ0n) is 10.6. The number of nitrogens with two attached hydrogens (primary N) is 1. The topological polar surface area (TPSA) is 56.7 Å². The lowest BCUT2D eigenvalue weighted by Crippen LogP contribution is -2.00. The van der Waals surface area contributed by atoms with E-state index in [1.165, 1.54) is 0 Å². The number of rotatable bonds is 2. The third kappa shape index (κ3) is 2.08. The van der Waals surface area contributed by atoms with Crippen LogP contribution in [0.5, 0.6) is 0 Å². The minimum Gasteiger partial charge on any atom is -0.366 e. The fourth-order valence-corrected chi connectivity index (χ4v) is 2.08. The van der Waals surface area contributed by atoms with Gasteiger partial charge >= 0.3 is 0 Å². The number of aromatic nitrogens is 3. The lowest BCUT2D eigenvalue weighted by Gasteiger charge is -2.07. The van der Waals surface area contributed by atoms with E-state index in [9.17, 15) is 0 Å². The monoisotopic (exact) mass is 250 g/mol. The molecule has 0 bridgehead atoms. The van der Waals surface area contributed by atoms with Gasteiger partial charge < -0.3 is 5.73 Å². The average Bonchev–Trinajstić information content (AvgIpc) is 2.82. The van der Waals surface area contributed by atoms with Crippen LogP contribution in [0.3, 0.4) is 0 Å². The predicted octanol–water partition coefficient (Wildman–Crippen LogP) is 2.82. The van der Waals surface area contributed by atoms with Crippen LogP contribution in [0.2, 0.25) is 0 Å². The normalized spacial score (nSPS) is 10.6. The van der Waals surface area contributed by atoms with Crippen LogP contribution in [0, 0.1) is 6.92 Å². The molecule has 0 aliphatic rings. The largest absolute Gasteiger partial charge is 0.366 e. The Balaban J connectivity index is 2.21. The van der Waals surface area contributed by atoms with E-state index in [0.29, 0.717) is 0 Å². The molecule has 4 nitrogen and oxygen atoms in total. The first kappa shape index (κ1) is 11.5. The third-order valence-electron chi connectivity index (χ3n) is 3.01. The molecule has 2 N–H and O–H groups in total. The molecule has 0 saturated carbocycles. The summed E-state index contributed by atoms with van der Waals surface area (Å²) in [6.07, 6.45) is 0. The average molecular weight is 250 g/mol. The maximum Gasteiger partial charge on any atom is 0.240 e. The number of nitrogens with zero attached hydrogens (tertiary/aromatic N) is 3. The van der Waals surface area contributed by atoms with Crippen molar-refractivity contribution < 1.29 is 0 Å². The molecule has 1 aromatic heterocycles. The number of nitrogen functional groups attached to an aromatic ring is 1. The summed E-state index contributed by atoms with van der Waals surface area (Å²) in [5.74, 6) is 1.05. The fraction of sp³-hybridized carbons (Fsp3) is 0.0667. The van der Waals surface area contributed by atoms with Crippen LogP contribution in [0.4, 0.5) is 5.95 Å². The first-order valence-corrected chi connectivity index (χ1v) is 6.09.